The number of nitrogens with one attached hydrogen (secondary N) is 1. The van der Waals surface area contributed by atoms with Gasteiger partial charge in [0.05, 0.1) is 11.8 Å². The number of anilines is 1. The molecule has 8 heteroatoms. The van der Waals surface area contributed by atoms with Crippen molar-refractivity contribution in [2.45, 2.75) is 50.1 Å². The summed E-state index contributed by atoms with van der Waals surface area (Å²) in [5.74, 6) is 0.402. The van der Waals surface area contributed by atoms with Gasteiger partial charge in [-0.2, -0.15) is 0 Å². The van der Waals surface area contributed by atoms with E-state index >= 15 is 0 Å². The predicted molar refractivity (Wildman–Crippen MR) is 126 cm³/mol. The van der Waals surface area contributed by atoms with Crippen LogP contribution < -0.4 is 5.32 Å². The molecule has 0 saturated carbocycles. The molecule has 0 aliphatic carbocycles. The lowest BCUT2D eigenvalue weighted by atomic mass is 10.1. The van der Waals surface area contributed by atoms with Crippen molar-refractivity contribution in [3.8, 4) is 5.69 Å². The van der Waals surface area contributed by atoms with Crippen LogP contribution in [0, 0.1) is 12.7 Å². The number of aromatic nitrogens is 3. The Morgan fingerprint density at radius 1 is 1.12 bits per heavy atom. The van der Waals surface area contributed by atoms with Crippen molar-refractivity contribution in [2.75, 3.05) is 18.4 Å². The van der Waals surface area contributed by atoms with Gasteiger partial charge in [-0.3, -0.25) is 14.3 Å². The van der Waals surface area contributed by atoms with Crippen LogP contribution in [0.4, 0.5) is 10.1 Å². The fourth-order valence-corrected chi connectivity index (χ4v) is 4.71. The Kier molecular flexibility index (Phi) is 7.22. The van der Waals surface area contributed by atoms with Crippen LogP contribution in [-0.4, -0.2) is 43.9 Å². The molecule has 1 saturated heterocycles. The number of hydrogen-bond acceptors (Lipinski definition) is 5. The molecule has 0 spiro atoms. The second-order valence-electron chi connectivity index (χ2n) is 8.17. The maximum absolute atomic E-state index is 13.5. The molecule has 1 aliphatic heterocycles. The second-order valence-corrected chi connectivity index (χ2v) is 9.47. The van der Waals surface area contributed by atoms with Crippen LogP contribution in [0.15, 0.2) is 53.7 Å². The van der Waals surface area contributed by atoms with E-state index in [4.69, 9.17) is 0 Å². The van der Waals surface area contributed by atoms with E-state index < -0.39 is 0 Å². The minimum Gasteiger partial charge on any atom is -0.325 e. The first kappa shape index (κ1) is 22.5. The van der Waals surface area contributed by atoms with Crippen LogP contribution in [0.1, 0.15) is 37.6 Å². The number of rotatable bonds is 7. The lowest BCUT2D eigenvalue weighted by molar-refractivity contribution is -0.115. The van der Waals surface area contributed by atoms with Gasteiger partial charge in [-0.25, -0.2) is 4.39 Å². The Morgan fingerprint density at radius 3 is 2.59 bits per heavy atom. The number of thioether (sulfide) groups is 1. The van der Waals surface area contributed by atoms with Gasteiger partial charge in [0, 0.05) is 11.4 Å². The molecule has 1 N–H and O–H groups in total. The molecule has 2 aromatic carbocycles. The second kappa shape index (κ2) is 10.3. The highest BCUT2D eigenvalue weighted by Crippen LogP contribution is 2.28. The number of aryl methyl sites for hydroxylation is 1. The summed E-state index contributed by atoms with van der Waals surface area (Å²) >= 11 is 1.35. The molecular formula is C24H28FN5OS. The number of nitrogens with zero attached hydrogens (tertiary/aromatic N) is 4. The van der Waals surface area contributed by atoms with E-state index in [2.05, 4.69) is 20.4 Å². The number of likely N-dealkylation sites (tertiary alicyclic amines) is 1. The molecule has 6 nitrogen and oxygen atoms in total. The molecule has 1 fully saturated rings. The van der Waals surface area contributed by atoms with Crippen LogP contribution in [0.3, 0.4) is 0 Å². The number of benzene rings is 2. The molecule has 0 radical (unpaired) electrons. The smallest absolute Gasteiger partial charge is 0.237 e. The first-order chi connectivity index (χ1) is 15.5. The zero-order valence-corrected chi connectivity index (χ0v) is 19.2. The highest BCUT2D eigenvalue weighted by molar-refractivity contribution is 8.00. The quantitative estimate of drug-likeness (QED) is 0.520. The average molecular weight is 454 g/mol. The molecule has 1 unspecified atom stereocenters. The summed E-state index contributed by atoms with van der Waals surface area (Å²) in [7, 11) is 0. The molecular weight excluding hydrogens is 425 g/mol. The summed E-state index contributed by atoms with van der Waals surface area (Å²) in [6, 6.07) is 14.0. The Morgan fingerprint density at radius 2 is 1.88 bits per heavy atom. The van der Waals surface area contributed by atoms with Gasteiger partial charge >= 0.3 is 0 Å². The van der Waals surface area contributed by atoms with Crippen molar-refractivity contribution in [1.82, 2.24) is 19.7 Å². The highest BCUT2D eigenvalue weighted by atomic mass is 32.2. The van der Waals surface area contributed by atoms with Gasteiger partial charge in [-0.1, -0.05) is 30.3 Å². The third-order valence-electron chi connectivity index (χ3n) is 5.54. The molecule has 0 bridgehead atoms. The van der Waals surface area contributed by atoms with E-state index in [1.54, 1.807) is 12.1 Å². The number of carbonyl (C=O) groups excluding carboxylic acids is 1. The van der Waals surface area contributed by atoms with Gasteiger partial charge in [-0.05, 0) is 81.7 Å². The van der Waals surface area contributed by atoms with Crippen LogP contribution in [0.25, 0.3) is 5.69 Å². The van der Waals surface area contributed by atoms with Gasteiger partial charge in [0.1, 0.15) is 5.82 Å². The molecule has 3 aromatic rings. The number of hydrogen-bond donors (Lipinski definition) is 1. The minimum absolute atomic E-state index is 0.105. The summed E-state index contributed by atoms with van der Waals surface area (Å²) in [5.41, 5.74) is 2.65. The predicted octanol–water partition coefficient (Wildman–Crippen LogP) is 4.82. The average Bonchev–Trinajstić information content (AvgIpc) is 3.17. The van der Waals surface area contributed by atoms with Crippen LogP contribution in [0.2, 0.25) is 0 Å². The topological polar surface area (TPSA) is 63.1 Å². The van der Waals surface area contributed by atoms with Crippen LogP contribution in [-0.2, 0) is 11.3 Å². The Bertz CT molecular complexity index is 1060. The molecule has 1 aromatic heterocycles. The lowest BCUT2D eigenvalue weighted by Crippen LogP contribution is -2.30. The summed E-state index contributed by atoms with van der Waals surface area (Å²) in [6.45, 7) is 6.59. The fraction of sp³-hybridized carbons (Fsp3) is 0.375. The molecule has 1 amide bonds. The number of piperidine rings is 1. The highest BCUT2D eigenvalue weighted by Gasteiger charge is 2.23. The summed E-state index contributed by atoms with van der Waals surface area (Å²) < 4.78 is 15.5. The minimum atomic E-state index is -0.387. The van der Waals surface area contributed by atoms with Crippen molar-refractivity contribution < 1.29 is 9.18 Å². The zero-order chi connectivity index (χ0) is 22.5. The van der Waals surface area contributed by atoms with Crippen molar-refractivity contribution in [1.29, 1.82) is 0 Å². The first-order valence-corrected chi connectivity index (χ1v) is 11.8. The number of carbonyl (C=O) groups is 1. The molecule has 1 aliphatic rings. The Hall–Kier alpha value is -2.71. The third kappa shape index (κ3) is 5.55. The van der Waals surface area contributed by atoms with Crippen molar-refractivity contribution in [2.24, 2.45) is 0 Å². The standard InChI is InChI=1S/C24H28FN5OS/c1-17-7-6-8-20(15-17)26-23(31)18(2)32-24-28-27-22(16-29-13-4-3-5-14-29)30(24)21-11-9-19(25)10-12-21/h6-12,15,18H,3-5,13-14,16H2,1-2H3,(H,26,31). The van der Waals surface area contributed by atoms with E-state index in [1.165, 1.54) is 43.2 Å². The molecule has 4 rings (SSSR count). The molecule has 32 heavy (non-hydrogen) atoms. The van der Waals surface area contributed by atoms with Gasteiger partial charge in [0.2, 0.25) is 5.91 Å². The third-order valence-corrected chi connectivity index (χ3v) is 6.58. The SMILES string of the molecule is Cc1cccc(NC(=O)C(C)Sc2nnc(CN3CCCCC3)n2-c2ccc(F)cc2)c1. The monoisotopic (exact) mass is 453 g/mol. The van der Waals surface area contributed by atoms with Gasteiger partial charge in [0.25, 0.3) is 0 Å². The lowest BCUT2D eigenvalue weighted by Gasteiger charge is -2.26. The molecule has 2 heterocycles. The molecule has 168 valence electrons. The maximum Gasteiger partial charge on any atom is 0.237 e. The van der Waals surface area contributed by atoms with Crippen molar-refractivity contribution >= 4 is 23.4 Å². The van der Waals surface area contributed by atoms with Gasteiger partial charge in [0.15, 0.2) is 11.0 Å². The van der Waals surface area contributed by atoms with E-state index in [9.17, 15) is 9.18 Å². The fourth-order valence-electron chi connectivity index (χ4n) is 3.82. The van der Waals surface area contributed by atoms with E-state index in [1.807, 2.05) is 42.7 Å². The van der Waals surface area contributed by atoms with Crippen molar-refractivity contribution in [3.63, 3.8) is 0 Å². The Labute approximate surface area is 192 Å². The zero-order valence-electron chi connectivity index (χ0n) is 18.4. The van der Waals surface area contributed by atoms with E-state index in [0.29, 0.717) is 11.7 Å². The van der Waals surface area contributed by atoms with Gasteiger partial charge < -0.3 is 5.32 Å². The Balaban J connectivity index is 1.55. The number of halogens is 1. The van der Waals surface area contributed by atoms with Gasteiger partial charge in [-0.15, -0.1) is 10.2 Å². The van der Waals surface area contributed by atoms with Crippen molar-refractivity contribution in [3.05, 3.63) is 65.7 Å². The summed E-state index contributed by atoms with van der Waals surface area (Å²) in [4.78, 5) is 15.2. The largest absolute Gasteiger partial charge is 0.325 e. The normalized spacial score (nSPS) is 15.5. The summed E-state index contributed by atoms with van der Waals surface area (Å²) in [6.07, 6.45) is 3.63. The number of amides is 1. The van der Waals surface area contributed by atoms with E-state index in [0.717, 1.165) is 35.9 Å². The van der Waals surface area contributed by atoms with Crippen LogP contribution >= 0.6 is 11.8 Å². The van der Waals surface area contributed by atoms with Crippen LogP contribution in [0.5, 0.6) is 0 Å². The summed E-state index contributed by atoms with van der Waals surface area (Å²) in [5, 5.41) is 12.0. The van der Waals surface area contributed by atoms with E-state index in [-0.39, 0.29) is 17.0 Å². The first-order valence-electron chi connectivity index (χ1n) is 11.0. The molecule has 1 atom stereocenters. The maximum atomic E-state index is 13.5.